The number of fused-ring (bicyclic) bond motifs is 3. The summed E-state index contributed by atoms with van der Waals surface area (Å²) in [6, 6.07) is 83.5. The van der Waals surface area contributed by atoms with E-state index in [-0.39, 0.29) is 40.2 Å². The molecule has 0 N–H and O–H groups in total. The van der Waals surface area contributed by atoms with E-state index in [4.69, 9.17) is 4.42 Å². The van der Waals surface area contributed by atoms with Crippen LogP contribution in [0.4, 0.5) is 0 Å². The first-order valence-electron chi connectivity index (χ1n) is 23.1. The molecule has 0 unspecified atom stereocenters. The summed E-state index contributed by atoms with van der Waals surface area (Å²) in [4.78, 5) is 17.7. The average Bonchev–Trinajstić information content (AvgIpc) is 3.83. The Hall–Kier alpha value is -7.76. The number of nitrogens with zero attached hydrogens (tertiary/aromatic N) is 4. The maximum absolute atomic E-state index is 6.24. The summed E-state index contributed by atoms with van der Waals surface area (Å²) in [5.74, 6) is 0. The van der Waals surface area contributed by atoms with Gasteiger partial charge in [-0.2, -0.15) is 0 Å². The van der Waals surface area contributed by atoms with Crippen molar-refractivity contribution < 1.29 is 44.6 Å². The van der Waals surface area contributed by atoms with Gasteiger partial charge in [0, 0.05) is 75.9 Å². The number of benzene rings is 7. The molecule has 356 valence electrons. The summed E-state index contributed by atoms with van der Waals surface area (Å²) in [7, 11) is 0. The predicted molar refractivity (Wildman–Crippen MR) is 286 cm³/mol. The van der Waals surface area contributed by atoms with Gasteiger partial charge in [0.05, 0.1) is 5.58 Å². The molecule has 0 spiro atoms. The molecule has 0 aliphatic carbocycles. The molecule has 0 aliphatic heterocycles. The third-order valence-electron chi connectivity index (χ3n) is 11.5. The molecular weight excluding hydrogens is 1240 g/mol. The molecule has 12 aromatic rings. The molecule has 0 amide bonds. The molecule has 0 saturated carbocycles. The Morgan fingerprint density at radius 1 is 0.361 bits per heavy atom. The molecule has 0 saturated heterocycles. The van der Waals surface area contributed by atoms with E-state index >= 15 is 0 Å². The quantitative estimate of drug-likeness (QED) is 0.155. The van der Waals surface area contributed by atoms with Crippen molar-refractivity contribution in [3.8, 4) is 67.3 Å². The maximum atomic E-state index is 6.24. The minimum absolute atomic E-state index is 0. The van der Waals surface area contributed by atoms with Crippen molar-refractivity contribution in [3.05, 3.63) is 278 Å². The molecular formula is C65H48Ir2N4O-4. The standard InChI is InChI=1S/C24H16NO.C18H14N.C12H10N.C11H8N.2Ir/c1-16-7-5-10-19-20-11-6-12-21(24(20)26-23(16)19)22-15-18(13-14-25-22)17-8-3-2-4-9-17;1-14-12-18(16-10-6-3-7-11-16)19-13-17(14)15-8-4-2-5-9-15;1-10-7-8-12(13-9-10)11-5-3-2-4-6-11;1-2-6-10(7-3-1)11-8-4-5-9-12-11;;/h2-11,13-15H,1H3;2-10,12-13H,1H3;2-5,7-9H,1H3;1-6,8-9H;;/q4*-1;;. The van der Waals surface area contributed by atoms with Crippen LogP contribution in [0.15, 0.2) is 242 Å². The average molecular weight is 1290 g/mol. The van der Waals surface area contributed by atoms with E-state index in [1.165, 1.54) is 27.8 Å². The van der Waals surface area contributed by atoms with Crippen LogP contribution >= 0.6 is 0 Å². The van der Waals surface area contributed by atoms with Crippen molar-refractivity contribution in [2.24, 2.45) is 0 Å². The second kappa shape index (κ2) is 25.9. The Morgan fingerprint density at radius 3 is 1.54 bits per heavy atom. The molecule has 5 aromatic heterocycles. The van der Waals surface area contributed by atoms with Crippen LogP contribution in [-0.2, 0) is 40.2 Å². The smallest absolute Gasteiger partial charge is 0.123 e. The van der Waals surface area contributed by atoms with Gasteiger partial charge in [0.1, 0.15) is 5.58 Å². The zero-order valence-corrected chi connectivity index (χ0v) is 44.7. The van der Waals surface area contributed by atoms with Crippen molar-refractivity contribution in [2.45, 2.75) is 20.8 Å². The van der Waals surface area contributed by atoms with Crippen molar-refractivity contribution in [3.63, 3.8) is 0 Å². The molecule has 2 radical (unpaired) electrons. The fraction of sp³-hybridized carbons (Fsp3) is 0.0462. The fourth-order valence-corrected chi connectivity index (χ4v) is 7.90. The number of para-hydroxylation sites is 1. The number of pyridine rings is 4. The van der Waals surface area contributed by atoms with Crippen molar-refractivity contribution in [1.82, 2.24) is 19.9 Å². The minimum Gasteiger partial charge on any atom is -0.500 e. The van der Waals surface area contributed by atoms with Crippen LogP contribution in [-0.4, -0.2) is 19.9 Å². The van der Waals surface area contributed by atoms with E-state index in [1.54, 1.807) is 6.20 Å². The Bertz CT molecular complexity index is 3500. The summed E-state index contributed by atoms with van der Waals surface area (Å²) >= 11 is 0. The van der Waals surface area contributed by atoms with Gasteiger partial charge >= 0.3 is 0 Å². The third kappa shape index (κ3) is 13.1. The van der Waals surface area contributed by atoms with Crippen molar-refractivity contribution >= 4 is 21.9 Å². The minimum atomic E-state index is 0. The molecule has 0 aliphatic rings. The van der Waals surface area contributed by atoms with E-state index in [0.29, 0.717) is 0 Å². The normalized spacial score (nSPS) is 10.2. The topological polar surface area (TPSA) is 64.7 Å². The first-order valence-corrected chi connectivity index (χ1v) is 23.1. The summed E-state index contributed by atoms with van der Waals surface area (Å²) in [6.07, 6.45) is 7.45. The van der Waals surface area contributed by atoms with Crippen LogP contribution in [0.3, 0.4) is 0 Å². The fourth-order valence-electron chi connectivity index (χ4n) is 7.90. The SMILES string of the molecule is Cc1cc(-c2[c-]cccc2)ncc1-c1ccccc1.Cc1ccc(-c2[c-]cccc2)nc1.Cc1cccc2c1oc1c(-c3cc(-c4ccccc4)ccn3)[c-]ccc12.[Ir].[Ir].[c-]1ccccc1-c1ccccn1. The largest absolute Gasteiger partial charge is 0.500 e. The Labute approximate surface area is 449 Å². The second-order valence-corrected chi connectivity index (χ2v) is 16.5. The van der Waals surface area contributed by atoms with Crippen LogP contribution in [0.1, 0.15) is 16.7 Å². The number of aryl methyl sites for hydroxylation is 3. The number of rotatable bonds is 6. The molecule has 7 aromatic carbocycles. The van der Waals surface area contributed by atoms with Crippen LogP contribution in [0.5, 0.6) is 0 Å². The molecule has 5 nitrogen and oxygen atoms in total. The predicted octanol–water partition coefficient (Wildman–Crippen LogP) is 16.3. The third-order valence-corrected chi connectivity index (χ3v) is 11.5. The van der Waals surface area contributed by atoms with Crippen LogP contribution in [0.25, 0.3) is 89.2 Å². The zero-order chi connectivity index (χ0) is 47.9. The molecule has 0 atom stereocenters. The molecule has 72 heavy (non-hydrogen) atoms. The number of aromatic nitrogens is 4. The van der Waals surface area contributed by atoms with E-state index in [1.807, 2.05) is 171 Å². The van der Waals surface area contributed by atoms with Crippen LogP contribution in [0.2, 0.25) is 0 Å². The molecule has 0 fully saturated rings. The summed E-state index contributed by atoms with van der Waals surface area (Å²) in [6.45, 7) is 6.23. The first-order chi connectivity index (χ1) is 34.5. The summed E-state index contributed by atoms with van der Waals surface area (Å²) in [5, 5.41) is 2.24. The van der Waals surface area contributed by atoms with Gasteiger partial charge in [-0.05, 0) is 89.1 Å². The van der Waals surface area contributed by atoms with Gasteiger partial charge < -0.3 is 24.4 Å². The van der Waals surface area contributed by atoms with Gasteiger partial charge in [-0.1, -0.05) is 126 Å². The molecule has 7 heteroatoms. The van der Waals surface area contributed by atoms with Gasteiger partial charge in [0.15, 0.2) is 0 Å². The van der Waals surface area contributed by atoms with Gasteiger partial charge in [-0.25, -0.2) is 0 Å². The number of hydrogen-bond donors (Lipinski definition) is 0. The van der Waals surface area contributed by atoms with E-state index in [2.05, 4.69) is 125 Å². The summed E-state index contributed by atoms with van der Waals surface area (Å²) in [5.41, 5.74) is 17.8. The Kier molecular flexibility index (Phi) is 18.7. The summed E-state index contributed by atoms with van der Waals surface area (Å²) < 4.78 is 6.24. The van der Waals surface area contributed by atoms with Gasteiger partial charge in [0.2, 0.25) is 0 Å². The van der Waals surface area contributed by atoms with Crippen molar-refractivity contribution in [2.75, 3.05) is 0 Å². The Morgan fingerprint density at radius 2 is 0.944 bits per heavy atom. The van der Waals surface area contributed by atoms with E-state index in [9.17, 15) is 0 Å². The van der Waals surface area contributed by atoms with E-state index in [0.717, 1.165) is 78.1 Å². The first kappa shape index (κ1) is 52.1. The monoisotopic (exact) mass is 1290 g/mol. The molecule has 12 rings (SSSR count). The van der Waals surface area contributed by atoms with Gasteiger partial charge in [-0.15, -0.1) is 126 Å². The van der Waals surface area contributed by atoms with Gasteiger partial charge in [0.25, 0.3) is 0 Å². The maximum Gasteiger partial charge on any atom is 0.123 e. The molecule has 0 bridgehead atoms. The van der Waals surface area contributed by atoms with Crippen LogP contribution in [0, 0.1) is 45.0 Å². The van der Waals surface area contributed by atoms with Gasteiger partial charge in [-0.3, -0.25) is 0 Å². The Balaban J connectivity index is 0.000000146. The number of furan rings is 1. The molecule has 5 heterocycles. The number of hydrogen-bond acceptors (Lipinski definition) is 5. The zero-order valence-electron chi connectivity index (χ0n) is 39.9. The van der Waals surface area contributed by atoms with E-state index < -0.39 is 0 Å². The second-order valence-electron chi connectivity index (χ2n) is 16.5. The van der Waals surface area contributed by atoms with Crippen molar-refractivity contribution in [1.29, 1.82) is 0 Å². The van der Waals surface area contributed by atoms with Crippen LogP contribution < -0.4 is 0 Å².